The summed E-state index contributed by atoms with van der Waals surface area (Å²) in [7, 11) is 0. The highest BCUT2D eigenvalue weighted by molar-refractivity contribution is 7.99. The van der Waals surface area contributed by atoms with Crippen LogP contribution in [0, 0.1) is 0 Å². The quantitative estimate of drug-likeness (QED) is 0.425. The maximum Gasteiger partial charge on any atom is 0.277 e. The largest absolute Gasteiger partial charge is 0.411 e. The molecule has 3 aromatic rings. The topological polar surface area (TPSA) is 84.2 Å². The molecule has 1 aromatic carbocycles. The van der Waals surface area contributed by atoms with E-state index in [2.05, 4.69) is 36.9 Å². The van der Waals surface area contributed by atoms with E-state index in [1.165, 1.54) is 40.8 Å². The summed E-state index contributed by atoms with van der Waals surface area (Å²) in [6.07, 6.45) is 4.27. The van der Waals surface area contributed by atoms with Gasteiger partial charge in [0.05, 0.1) is 12.3 Å². The van der Waals surface area contributed by atoms with Gasteiger partial charge in [0.25, 0.3) is 5.22 Å². The fourth-order valence-corrected chi connectivity index (χ4v) is 4.81. The van der Waals surface area contributed by atoms with Crippen LogP contribution < -0.4 is 5.32 Å². The van der Waals surface area contributed by atoms with Gasteiger partial charge in [0, 0.05) is 35.1 Å². The van der Waals surface area contributed by atoms with E-state index < -0.39 is 0 Å². The highest BCUT2D eigenvalue weighted by atomic mass is 32.2. The Morgan fingerprint density at radius 1 is 1.21 bits per heavy atom. The average Bonchev–Trinajstić information content (AvgIpc) is 3.48. The molecule has 1 aliphatic heterocycles. The minimum atomic E-state index is -0.0942. The van der Waals surface area contributed by atoms with E-state index in [4.69, 9.17) is 4.42 Å². The average molecular weight is 434 g/mol. The molecule has 0 spiro atoms. The maximum atomic E-state index is 11.9. The van der Waals surface area contributed by atoms with Gasteiger partial charge in [-0.1, -0.05) is 11.8 Å². The van der Waals surface area contributed by atoms with E-state index >= 15 is 0 Å². The van der Waals surface area contributed by atoms with Gasteiger partial charge in [0.2, 0.25) is 11.8 Å². The van der Waals surface area contributed by atoms with Gasteiger partial charge in [0.15, 0.2) is 0 Å². The summed E-state index contributed by atoms with van der Waals surface area (Å²) in [5.74, 6) is 0.588. The molecular formula is C18H19N5O2S3. The zero-order chi connectivity index (χ0) is 19.2. The van der Waals surface area contributed by atoms with Crippen molar-refractivity contribution in [3.8, 4) is 11.5 Å². The second-order valence-corrected chi connectivity index (χ2v) is 9.19. The van der Waals surface area contributed by atoms with E-state index in [1.807, 2.05) is 17.5 Å². The van der Waals surface area contributed by atoms with Crippen LogP contribution in [0.25, 0.3) is 11.5 Å². The zero-order valence-electron chi connectivity index (χ0n) is 15.0. The number of nitrogens with one attached hydrogen (secondary N) is 1. The van der Waals surface area contributed by atoms with Crippen LogP contribution in [0.1, 0.15) is 17.8 Å². The molecular weight excluding hydrogens is 414 g/mol. The molecule has 0 radical (unpaired) electrons. The van der Waals surface area contributed by atoms with Crippen LogP contribution >= 0.6 is 35.0 Å². The first kappa shape index (κ1) is 19.4. The van der Waals surface area contributed by atoms with Crippen LogP contribution in [0.5, 0.6) is 0 Å². The Balaban J connectivity index is 1.27. The van der Waals surface area contributed by atoms with Crippen molar-refractivity contribution in [2.75, 3.05) is 18.8 Å². The summed E-state index contributed by atoms with van der Waals surface area (Å²) in [5, 5.41) is 14.1. The highest BCUT2D eigenvalue weighted by Gasteiger charge is 2.14. The Hall–Kier alpha value is -1.88. The first-order valence-corrected chi connectivity index (χ1v) is 11.5. The van der Waals surface area contributed by atoms with Gasteiger partial charge >= 0.3 is 0 Å². The van der Waals surface area contributed by atoms with Crippen molar-refractivity contribution in [1.82, 2.24) is 24.8 Å². The molecule has 1 saturated heterocycles. The molecule has 2 aromatic heterocycles. The number of rotatable bonds is 8. The predicted octanol–water partition coefficient (Wildman–Crippen LogP) is 3.70. The molecule has 0 atom stereocenters. The van der Waals surface area contributed by atoms with Crippen molar-refractivity contribution in [3.63, 3.8) is 0 Å². The SMILES string of the molecule is O=C(CSc1nnc(-c2ccc(SN3CCCC3)cc2)o1)NCc1nccs1. The number of thioether (sulfide) groups is 1. The van der Waals surface area contributed by atoms with E-state index in [0.717, 1.165) is 23.7 Å². The van der Waals surface area contributed by atoms with Crippen molar-refractivity contribution in [2.45, 2.75) is 29.5 Å². The van der Waals surface area contributed by atoms with Crippen molar-refractivity contribution in [2.24, 2.45) is 0 Å². The Labute approximate surface area is 175 Å². The Morgan fingerprint density at radius 2 is 2.04 bits per heavy atom. The molecule has 0 aliphatic carbocycles. The molecule has 0 unspecified atom stereocenters. The number of thiazole rings is 1. The van der Waals surface area contributed by atoms with Gasteiger partial charge in [-0.05, 0) is 49.1 Å². The van der Waals surface area contributed by atoms with Gasteiger partial charge in [0.1, 0.15) is 5.01 Å². The molecule has 1 aliphatic rings. The summed E-state index contributed by atoms with van der Waals surface area (Å²) >= 11 is 4.53. The van der Waals surface area contributed by atoms with E-state index in [0.29, 0.717) is 17.7 Å². The van der Waals surface area contributed by atoms with E-state index in [9.17, 15) is 4.79 Å². The third-order valence-electron chi connectivity index (χ3n) is 4.05. The maximum absolute atomic E-state index is 11.9. The molecule has 1 N–H and O–H groups in total. The van der Waals surface area contributed by atoms with Gasteiger partial charge in [-0.25, -0.2) is 9.29 Å². The molecule has 7 nitrogen and oxygen atoms in total. The molecule has 1 amide bonds. The molecule has 28 heavy (non-hydrogen) atoms. The van der Waals surface area contributed by atoms with Gasteiger partial charge in [-0.15, -0.1) is 21.5 Å². The summed E-state index contributed by atoms with van der Waals surface area (Å²) in [5.41, 5.74) is 0.873. The number of aromatic nitrogens is 3. The van der Waals surface area contributed by atoms with Crippen LogP contribution in [-0.2, 0) is 11.3 Å². The summed E-state index contributed by atoms with van der Waals surface area (Å²) in [6.45, 7) is 2.73. The van der Waals surface area contributed by atoms with Crippen molar-refractivity contribution >= 4 is 41.0 Å². The van der Waals surface area contributed by atoms with Crippen LogP contribution in [0.15, 0.2) is 50.4 Å². The molecule has 1 fully saturated rings. The second-order valence-electron chi connectivity index (χ2n) is 6.12. The smallest absolute Gasteiger partial charge is 0.277 e. The van der Waals surface area contributed by atoms with Gasteiger partial charge in [-0.2, -0.15) is 0 Å². The van der Waals surface area contributed by atoms with E-state index in [1.54, 1.807) is 18.1 Å². The van der Waals surface area contributed by atoms with Gasteiger partial charge < -0.3 is 9.73 Å². The Bertz CT molecular complexity index is 892. The zero-order valence-corrected chi connectivity index (χ0v) is 17.5. The van der Waals surface area contributed by atoms with Crippen LogP contribution in [-0.4, -0.2) is 44.2 Å². The monoisotopic (exact) mass is 433 g/mol. The lowest BCUT2D eigenvalue weighted by molar-refractivity contribution is -0.118. The van der Waals surface area contributed by atoms with E-state index in [-0.39, 0.29) is 11.7 Å². The number of benzene rings is 1. The first-order chi connectivity index (χ1) is 13.8. The number of carbonyl (C=O) groups excluding carboxylic acids is 1. The normalized spacial score (nSPS) is 14.4. The minimum Gasteiger partial charge on any atom is -0.411 e. The number of carbonyl (C=O) groups is 1. The fourth-order valence-electron chi connectivity index (χ4n) is 2.66. The number of nitrogens with zero attached hydrogens (tertiary/aromatic N) is 4. The lowest BCUT2D eigenvalue weighted by atomic mass is 10.2. The Morgan fingerprint density at radius 3 is 2.79 bits per heavy atom. The number of hydrogen-bond acceptors (Lipinski definition) is 9. The van der Waals surface area contributed by atoms with Crippen molar-refractivity contribution in [1.29, 1.82) is 0 Å². The second kappa shape index (κ2) is 9.55. The number of hydrogen-bond donors (Lipinski definition) is 1. The minimum absolute atomic E-state index is 0.0942. The fraction of sp³-hybridized carbons (Fsp3) is 0.333. The molecule has 0 saturated carbocycles. The predicted molar refractivity (Wildman–Crippen MR) is 111 cm³/mol. The third kappa shape index (κ3) is 5.34. The summed E-state index contributed by atoms with van der Waals surface area (Å²) in [6, 6.07) is 8.12. The third-order valence-corrected chi connectivity index (χ3v) is 6.76. The van der Waals surface area contributed by atoms with Gasteiger partial charge in [-0.3, -0.25) is 4.79 Å². The molecule has 4 rings (SSSR count). The number of amides is 1. The molecule has 3 heterocycles. The summed E-state index contributed by atoms with van der Waals surface area (Å²) < 4.78 is 8.06. The van der Waals surface area contributed by atoms with Crippen molar-refractivity contribution < 1.29 is 9.21 Å². The molecule has 146 valence electrons. The first-order valence-electron chi connectivity index (χ1n) is 8.91. The van der Waals surface area contributed by atoms with Crippen LogP contribution in [0.2, 0.25) is 0 Å². The standard InChI is InChI=1S/C18H19N5O2S3/c24-15(20-11-16-19-7-10-26-16)12-27-18-22-21-17(25-18)13-3-5-14(6-4-13)28-23-8-1-2-9-23/h3-7,10H,1-2,8-9,11-12H2,(H,20,24). The van der Waals surface area contributed by atoms with Crippen LogP contribution in [0.4, 0.5) is 0 Å². The highest BCUT2D eigenvalue weighted by Crippen LogP contribution is 2.29. The molecule has 0 bridgehead atoms. The Kier molecular flexibility index (Phi) is 6.63. The lowest BCUT2D eigenvalue weighted by Gasteiger charge is -2.12. The van der Waals surface area contributed by atoms with Crippen LogP contribution in [0.3, 0.4) is 0 Å². The molecule has 10 heteroatoms. The summed E-state index contributed by atoms with van der Waals surface area (Å²) in [4.78, 5) is 17.3. The van der Waals surface area contributed by atoms with Crippen molar-refractivity contribution in [3.05, 3.63) is 40.8 Å². The lowest BCUT2D eigenvalue weighted by Crippen LogP contribution is -2.24.